The largest absolute Gasteiger partial charge is 0.297 e. The number of hydrogen-bond acceptors (Lipinski definition) is 1. The lowest BCUT2D eigenvalue weighted by Gasteiger charge is -2.29. The molecule has 1 aliphatic rings. The van der Waals surface area contributed by atoms with Gasteiger partial charge in [-0.05, 0) is 68.8 Å². The van der Waals surface area contributed by atoms with Gasteiger partial charge in [0.25, 0.3) is 0 Å². The zero-order chi connectivity index (χ0) is 13.0. The van der Waals surface area contributed by atoms with Crippen molar-refractivity contribution in [1.82, 2.24) is 4.90 Å². The minimum atomic E-state index is 0.566. The Kier molecular flexibility index (Phi) is 4.82. The highest BCUT2D eigenvalue weighted by Crippen LogP contribution is 2.28. The Morgan fingerprint density at radius 1 is 1.06 bits per heavy atom. The van der Waals surface area contributed by atoms with Gasteiger partial charge in [-0.25, -0.2) is 0 Å². The Balaban J connectivity index is 2.13. The molecular weight excluding hydrogens is 218 g/mol. The highest BCUT2D eigenvalue weighted by molar-refractivity contribution is 5.36. The number of aryl methyl sites for hydroxylation is 2. The molecular formula is C17H27N. The second kappa shape index (κ2) is 6.38. The molecule has 0 aromatic heterocycles. The van der Waals surface area contributed by atoms with Crippen molar-refractivity contribution >= 4 is 0 Å². The van der Waals surface area contributed by atoms with Crippen molar-refractivity contribution in [2.24, 2.45) is 0 Å². The highest BCUT2D eigenvalue weighted by atomic mass is 15.1. The number of benzene rings is 1. The van der Waals surface area contributed by atoms with Crippen LogP contribution in [0.15, 0.2) is 18.2 Å². The van der Waals surface area contributed by atoms with Crippen LogP contribution in [0.3, 0.4) is 0 Å². The standard InChI is InChI=1S/C17H27N/c1-4-11-18(12-5-2)14(3)16-10-9-15-7-6-8-17(15)13-16/h9-10,13-14H,4-8,11-12H2,1-3H3. The van der Waals surface area contributed by atoms with Crippen molar-refractivity contribution in [3.05, 3.63) is 34.9 Å². The van der Waals surface area contributed by atoms with Gasteiger partial charge >= 0.3 is 0 Å². The average molecular weight is 245 g/mol. The van der Waals surface area contributed by atoms with E-state index in [4.69, 9.17) is 0 Å². The molecule has 18 heavy (non-hydrogen) atoms. The molecule has 1 unspecified atom stereocenters. The van der Waals surface area contributed by atoms with Crippen LogP contribution in [0.2, 0.25) is 0 Å². The van der Waals surface area contributed by atoms with E-state index in [-0.39, 0.29) is 0 Å². The number of fused-ring (bicyclic) bond motifs is 1. The van der Waals surface area contributed by atoms with Crippen LogP contribution in [-0.2, 0) is 12.8 Å². The van der Waals surface area contributed by atoms with Crippen molar-refractivity contribution in [2.75, 3.05) is 13.1 Å². The molecule has 1 atom stereocenters. The molecule has 1 nitrogen and oxygen atoms in total. The second-order valence-electron chi connectivity index (χ2n) is 5.59. The molecule has 0 fully saturated rings. The summed E-state index contributed by atoms with van der Waals surface area (Å²) in [5, 5.41) is 0. The average Bonchev–Trinajstić information content (AvgIpc) is 2.84. The van der Waals surface area contributed by atoms with Gasteiger partial charge in [0.05, 0.1) is 0 Å². The first kappa shape index (κ1) is 13.6. The predicted molar refractivity (Wildman–Crippen MR) is 79.0 cm³/mol. The second-order valence-corrected chi connectivity index (χ2v) is 5.59. The smallest absolute Gasteiger partial charge is 0.0319 e. The minimum Gasteiger partial charge on any atom is -0.297 e. The van der Waals surface area contributed by atoms with Gasteiger partial charge in [-0.3, -0.25) is 4.90 Å². The van der Waals surface area contributed by atoms with E-state index in [0.29, 0.717) is 6.04 Å². The Morgan fingerprint density at radius 2 is 1.72 bits per heavy atom. The van der Waals surface area contributed by atoms with Gasteiger partial charge in [-0.1, -0.05) is 32.0 Å². The number of nitrogens with zero attached hydrogens (tertiary/aromatic N) is 1. The van der Waals surface area contributed by atoms with E-state index in [1.54, 1.807) is 11.1 Å². The Bertz CT molecular complexity index is 377. The van der Waals surface area contributed by atoms with Crippen molar-refractivity contribution in [3.63, 3.8) is 0 Å². The van der Waals surface area contributed by atoms with Crippen LogP contribution < -0.4 is 0 Å². The van der Waals surface area contributed by atoms with Crippen molar-refractivity contribution < 1.29 is 0 Å². The molecule has 1 aromatic carbocycles. The van der Waals surface area contributed by atoms with Crippen LogP contribution in [-0.4, -0.2) is 18.0 Å². The molecule has 0 spiro atoms. The summed E-state index contributed by atoms with van der Waals surface area (Å²) in [6.45, 7) is 9.34. The predicted octanol–water partition coefficient (Wildman–Crippen LogP) is 4.36. The van der Waals surface area contributed by atoms with E-state index >= 15 is 0 Å². The molecule has 1 heteroatoms. The summed E-state index contributed by atoms with van der Waals surface area (Å²) < 4.78 is 0. The molecule has 0 amide bonds. The van der Waals surface area contributed by atoms with E-state index in [0.717, 1.165) is 0 Å². The SMILES string of the molecule is CCCN(CCC)C(C)c1ccc2c(c1)CCC2. The van der Waals surface area contributed by atoms with Gasteiger partial charge in [0.2, 0.25) is 0 Å². The van der Waals surface area contributed by atoms with E-state index < -0.39 is 0 Å². The normalized spacial score (nSPS) is 16.0. The molecule has 0 saturated carbocycles. The zero-order valence-corrected chi connectivity index (χ0v) is 12.2. The molecule has 100 valence electrons. The van der Waals surface area contributed by atoms with Crippen LogP contribution in [0, 0.1) is 0 Å². The van der Waals surface area contributed by atoms with Crippen LogP contribution >= 0.6 is 0 Å². The van der Waals surface area contributed by atoms with E-state index in [1.165, 1.54) is 50.8 Å². The van der Waals surface area contributed by atoms with Gasteiger partial charge in [-0.15, -0.1) is 0 Å². The lowest BCUT2D eigenvalue weighted by atomic mass is 10.0. The van der Waals surface area contributed by atoms with Crippen LogP contribution in [0.4, 0.5) is 0 Å². The van der Waals surface area contributed by atoms with E-state index in [9.17, 15) is 0 Å². The number of hydrogen-bond donors (Lipinski definition) is 0. The summed E-state index contributed by atoms with van der Waals surface area (Å²) in [6, 6.07) is 7.75. The Labute approximate surface area is 112 Å². The summed E-state index contributed by atoms with van der Waals surface area (Å²) in [4.78, 5) is 2.62. The molecule has 0 saturated heterocycles. The molecule has 0 bridgehead atoms. The van der Waals surface area contributed by atoms with Gasteiger partial charge < -0.3 is 0 Å². The Hall–Kier alpha value is -0.820. The fourth-order valence-corrected chi connectivity index (χ4v) is 3.14. The lowest BCUT2D eigenvalue weighted by molar-refractivity contribution is 0.211. The van der Waals surface area contributed by atoms with Crippen molar-refractivity contribution in [1.29, 1.82) is 0 Å². The first-order chi connectivity index (χ1) is 8.76. The van der Waals surface area contributed by atoms with Crippen molar-refractivity contribution in [2.45, 2.75) is 58.9 Å². The summed E-state index contributed by atoms with van der Waals surface area (Å²) in [5.74, 6) is 0. The van der Waals surface area contributed by atoms with Gasteiger partial charge in [-0.2, -0.15) is 0 Å². The molecule has 0 N–H and O–H groups in total. The summed E-state index contributed by atoms with van der Waals surface area (Å²) in [6.07, 6.45) is 6.42. The van der Waals surface area contributed by atoms with Gasteiger partial charge in [0.1, 0.15) is 0 Å². The third kappa shape index (κ3) is 2.95. The summed E-state index contributed by atoms with van der Waals surface area (Å²) >= 11 is 0. The molecule has 1 aliphatic carbocycles. The topological polar surface area (TPSA) is 3.24 Å². The van der Waals surface area contributed by atoms with Crippen LogP contribution in [0.1, 0.15) is 62.8 Å². The third-order valence-corrected chi connectivity index (χ3v) is 4.17. The maximum absolute atomic E-state index is 2.62. The highest BCUT2D eigenvalue weighted by Gasteiger charge is 2.17. The Morgan fingerprint density at radius 3 is 2.39 bits per heavy atom. The monoisotopic (exact) mass is 245 g/mol. The zero-order valence-electron chi connectivity index (χ0n) is 12.2. The van der Waals surface area contributed by atoms with Crippen LogP contribution in [0.5, 0.6) is 0 Å². The number of rotatable bonds is 6. The first-order valence-corrected chi connectivity index (χ1v) is 7.62. The summed E-state index contributed by atoms with van der Waals surface area (Å²) in [7, 11) is 0. The maximum Gasteiger partial charge on any atom is 0.0319 e. The fourth-order valence-electron chi connectivity index (χ4n) is 3.14. The summed E-state index contributed by atoms with van der Waals surface area (Å²) in [5.41, 5.74) is 4.70. The van der Waals surface area contributed by atoms with E-state index in [2.05, 4.69) is 43.9 Å². The van der Waals surface area contributed by atoms with Gasteiger partial charge in [0, 0.05) is 6.04 Å². The maximum atomic E-state index is 2.62. The van der Waals surface area contributed by atoms with Crippen molar-refractivity contribution in [3.8, 4) is 0 Å². The third-order valence-electron chi connectivity index (χ3n) is 4.17. The fraction of sp³-hybridized carbons (Fsp3) is 0.647. The van der Waals surface area contributed by atoms with E-state index in [1.807, 2.05) is 0 Å². The lowest BCUT2D eigenvalue weighted by Crippen LogP contribution is -2.28. The molecule has 0 radical (unpaired) electrons. The first-order valence-electron chi connectivity index (χ1n) is 7.62. The molecule has 0 heterocycles. The minimum absolute atomic E-state index is 0.566. The quantitative estimate of drug-likeness (QED) is 0.720. The van der Waals surface area contributed by atoms with Gasteiger partial charge in [0.15, 0.2) is 0 Å². The molecule has 2 rings (SSSR count). The molecule has 0 aliphatic heterocycles. The van der Waals surface area contributed by atoms with Crippen LogP contribution in [0.25, 0.3) is 0 Å². The molecule has 1 aromatic rings.